The second kappa shape index (κ2) is 5.80. The first kappa shape index (κ1) is 13.5. The first-order valence-electron chi connectivity index (χ1n) is 6.39. The highest BCUT2D eigenvalue weighted by molar-refractivity contribution is 5.37. The van der Waals surface area contributed by atoms with Crippen molar-refractivity contribution in [1.82, 2.24) is 9.97 Å². The number of ether oxygens (including phenoxy) is 1. The zero-order chi connectivity index (χ0) is 13.8. The van der Waals surface area contributed by atoms with Crippen molar-refractivity contribution in [3.05, 3.63) is 47.4 Å². The predicted octanol–water partition coefficient (Wildman–Crippen LogP) is 3.16. The van der Waals surface area contributed by atoms with Crippen LogP contribution in [0.2, 0.25) is 0 Å². The third-order valence-corrected chi connectivity index (χ3v) is 2.98. The van der Waals surface area contributed by atoms with E-state index in [0.29, 0.717) is 18.3 Å². The van der Waals surface area contributed by atoms with Crippen molar-refractivity contribution in [2.24, 2.45) is 5.73 Å². The summed E-state index contributed by atoms with van der Waals surface area (Å²) >= 11 is 0. The van der Waals surface area contributed by atoms with E-state index in [1.165, 1.54) is 11.1 Å². The molecule has 19 heavy (non-hydrogen) atoms. The van der Waals surface area contributed by atoms with Crippen LogP contribution in [-0.4, -0.2) is 9.97 Å². The maximum Gasteiger partial charge on any atom is 0.237 e. The molecule has 4 nitrogen and oxygen atoms in total. The summed E-state index contributed by atoms with van der Waals surface area (Å²) in [6.45, 7) is 6.83. The van der Waals surface area contributed by atoms with E-state index < -0.39 is 0 Å². The van der Waals surface area contributed by atoms with Gasteiger partial charge in [-0.15, -0.1) is 0 Å². The number of rotatable bonds is 4. The molecule has 0 atom stereocenters. The lowest BCUT2D eigenvalue weighted by Crippen LogP contribution is -2.00. The number of benzene rings is 1. The fourth-order valence-corrected chi connectivity index (χ4v) is 1.98. The molecule has 0 bridgehead atoms. The molecule has 0 aliphatic rings. The third-order valence-electron chi connectivity index (χ3n) is 2.98. The largest absolute Gasteiger partial charge is 0.437 e. The average Bonchev–Trinajstić information content (AvgIpc) is 2.39. The van der Waals surface area contributed by atoms with Crippen LogP contribution in [0.15, 0.2) is 30.6 Å². The number of hydrogen-bond acceptors (Lipinski definition) is 4. The smallest absolute Gasteiger partial charge is 0.237 e. The minimum absolute atomic E-state index is 0.384. The van der Waals surface area contributed by atoms with E-state index in [4.69, 9.17) is 10.5 Å². The monoisotopic (exact) mass is 257 g/mol. The molecule has 0 aliphatic carbocycles. The van der Waals surface area contributed by atoms with Crippen molar-refractivity contribution >= 4 is 0 Å². The van der Waals surface area contributed by atoms with Gasteiger partial charge in [0.1, 0.15) is 5.75 Å². The van der Waals surface area contributed by atoms with Gasteiger partial charge in [-0.25, -0.2) is 4.98 Å². The molecule has 2 aromatic rings. The van der Waals surface area contributed by atoms with Gasteiger partial charge in [0.25, 0.3) is 0 Å². The SMILES string of the molecule is Cc1cc(Oc2cnc(CN)cn2)ccc1C(C)C. The number of hydrogen-bond donors (Lipinski definition) is 1. The molecule has 0 unspecified atom stereocenters. The summed E-state index contributed by atoms with van der Waals surface area (Å²) < 4.78 is 5.68. The van der Waals surface area contributed by atoms with Crippen LogP contribution >= 0.6 is 0 Å². The second-order valence-corrected chi connectivity index (χ2v) is 4.83. The van der Waals surface area contributed by atoms with Gasteiger partial charge in [-0.1, -0.05) is 19.9 Å². The van der Waals surface area contributed by atoms with E-state index in [9.17, 15) is 0 Å². The van der Waals surface area contributed by atoms with Crippen molar-refractivity contribution in [3.8, 4) is 11.6 Å². The van der Waals surface area contributed by atoms with Crippen molar-refractivity contribution in [1.29, 1.82) is 0 Å². The van der Waals surface area contributed by atoms with Gasteiger partial charge in [0.15, 0.2) is 0 Å². The van der Waals surface area contributed by atoms with E-state index in [-0.39, 0.29) is 0 Å². The molecule has 1 heterocycles. The van der Waals surface area contributed by atoms with Gasteiger partial charge in [0, 0.05) is 6.54 Å². The fourth-order valence-electron chi connectivity index (χ4n) is 1.98. The maximum atomic E-state index is 5.68. The molecule has 1 aromatic heterocycles. The average molecular weight is 257 g/mol. The van der Waals surface area contributed by atoms with E-state index in [1.807, 2.05) is 12.1 Å². The lowest BCUT2D eigenvalue weighted by molar-refractivity contribution is 0.458. The van der Waals surface area contributed by atoms with Crippen LogP contribution in [0.25, 0.3) is 0 Å². The van der Waals surface area contributed by atoms with Crippen molar-refractivity contribution < 1.29 is 4.74 Å². The van der Waals surface area contributed by atoms with Gasteiger partial charge in [-0.05, 0) is 36.1 Å². The zero-order valence-electron chi connectivity index (χ0n) is 11.6. The quantitative estimate of drug-likeness (QED) is 0.914. The van der Waals surface area contributed by atoms with E-state index >= 15 is 0 Å². The lowest BCUT2D eigenvalue weighted by Gasteiger charge is -2.11. The molecular weight excluding hydrogens is 238 g/mol. The minimum atomic E-state index is 0.384. The summed E-state index contributed by atoms with van der Waals surface area (Å²) in [5.41, 5.74) is 8.77. The van der Waals surface area contributed by atoms with Crippen LogP contribution in [0.3, 0.4) is 0 Å². The summed E-state index contributed by atoms with van der Waals surface area (Å²) in [5, 5.41) is 0. The van der Waals surface area contributed by atoms with Gasteiger partial charge < -0.3 is 10.5 Å². The van der Waals surface area contributed by atoms with Gasteiger partial charge in [0.2, 0.25) is 5.88 Å². The highest BCUT2D eigenvalue weighted by atomic mass is 16.5. The summed E-state index contributed by atoms with van der Waals surface area (Å²) in [6, 6.07) is 6.08. The summed E-state index contributed by atoms with van der Waals surface area (Å²) in [5.74, 6) is 1.77. The van der Waals surface area contributed by atoms with Crippen LogP contribution < -0.4 is 10.5 Å². The Morgan fingerprint density at radius 3 is 2.53 bits per heavy atom. The number of aryl methyl sites for hydroxylation is 1. The second-order valence-electron chi connectivity index (χ2n) is 4.83. The zero-order valence-corrected chi connectivity index (χ0v) is 11.6. The molecule has 4 heteroatoms. The minimum Gasteiger partial charge on any atom is -0.437 e. The molecule has 0 amide bonds. The Balaban J connectivity index is 2.16. The van der Waals surface area contributed by atoms with Gasteiger partial charge in [-0.2, -0.15) is 0 Å². The van der Waals surface area contributed by atoms with Crippen LogP contribution in [0.1, 0.15) is 36.6 Å². The number of nitrogens with zero attached hydrogens (tertiary/aromatic N) is 2. The molecule has 0 radical (unpaired) electrons. The third kappa shape index (κ3) is 3.29. The van der Waals surface area contributed by atoms with Gasteiger partial charge >= 0.3 is 0 Å². The molecular formula is C15H19N3O. The summed E-state index contributed by atoms with van der Waals surface area (Å²) in [4.78, 5) is 8.32. The molecule has 0 spiro atoms. The number of aromatic nitrogens is 2. The lowest BCUT2D eigenvalue weighted by atomic mass is 9.98. The van der Waals surface area contributed by atoms with Gasteiger partial charge in [-0.3, -0.25) is 4.98 Å². The normalized spacial score (nSPS) is 10.8. The Labute approximate surface area is 113 Å². The molecule has 1 aromatic carbocycles. The Kier molecular flexibility index (Phi) is 4.12. The molecule has 100 valence electrons. The highest BCUT2D eigenvalue weighted by Gasteiger charge is 2.06. The van der Waals surface area contributed by atoms with Crippen LogP contribution in [-0.2, 0) is 6.54 Å². The summed E-state index contributed by atoms with van der Waals surface area (Å²) in [6.07, 6.45) is 3.22. The summed E-state index contributed by atoms with van der Waals surface area (Å²) in [7, 11) is 0. The van der Waals surface area contributed by atoms with Crippen LogP contribution in [0, 0.1) is 6.92 Å². The van der Waals surface area contributed by atoms with Crippen molar-refractivity contribution in [3.63, 3.8) is 0 Å². The molecule has 0 aliphatic heterocycles. The first-order valence-corrected chi connectivity index (χ1v) is 6.39. The molecule has 0 saturated heterocycles. The Morgan fingerprint density at radius 2 is 2.00 bits per heavy atom. The van der Waals surface area contributed by atoms with Gasteiger partial charge in [0.05, 0.1) is 18.1 Å². The predicted molar refractivity (Wildman–Crippen MR) is 75.3 cm³/mol. The Bertz CT molecular complexity index is 550. The standard InChI is InChI=1S/C15H19N3O/c1-10(2)14-5-4-13(6-11(14)3)19-15-9-17-12(7-16)8-18-15/h4-6,8-10H,7,16H2,1-3H3. The first-order chi connectivity index (χ1) is 9.10. The van der Waals surface area contributed by atoms with Crippen molar-refractivity contribution in [2.45, 2.75) is 33.2 Å². The van der Waals surface area contributed by atoms with E-state index in [2.05, 4.69) is 36.8 Å². The molecule has 0 fully saturated rings. The number of nitrogens with two attached hydrogens (primary N) is 1. The van der Waals surface area contributed by atoms with E-state index in [0.717, 1.165) is 11.4 Å². The highest BCUT2D eigenvalue weighted by Crippen LogP contribution is 2.25. The van der Waals surface area contributed by atoms with Crippen molar-refractivity contribution in [2.75, 3.05) is 0 Å². The topological polar surface area (TPSA) is 61.0 Å². The maximum absolute atomic E-state index is 5.68. The molecule has 0 saturated carbocycles. The Hall–Kier alpha value is -1.94. The van der Waals surface area contributed by atoms with E-state index in [1.54, 1.807) is 12.4 Å². The molecule has 2 N–H and O–H groups in total. The van der Waals surface area contributed by atoms with Crippen LogP contribution in [0.4, 0.5) is 0 Å². The molecule has 2 rings (SSSR count). The van der Waals surface area contributed by atoms with Crippen LogP contribution in [0.5, 0.6) is 11.6 Å². The Morgan fingerprint density at radius 1 is 1.21 bits per heavy atom. The fraction of sp³-hybridized carbons (Fsp3) is 0.333.